The van der Waals surface area contributed by atoms with Crippen LogP contribution in [0.5, 0.6) is 0 Å². The van der Waals surface area contributed by atoms with Crippen molar-refractivity contribution in [3.05, 3.63) is 15.8 Å². The van der Waals surface area contributed by atoms with Crippen LogP contribution in [0.1, 0.15) is 46.2 Å². The third kappa shape index (κ3) is 2.63. The van der Waals surface area contributed by atoms with Gasteiger partial charge in [-0.15, -0.1) is 0 Å². The van der Waals surface area contributed by atoms with Crippen molar-refractivity contribution in [1.29, 1.82) is 0 Å². The summed E-state index contributed by atoms with van der Waals surface area (Å²) < 4.78 is 1.66. The van der Waals surface area contributed by atoms with Crippen LogP contribution in [-0.2, 0) is 6.54 Å². The lowest BCUT2D eigenvalue weighted by Gasteiger charge is -2.29. The molecule has 0 aliphatic carbocycles. The van der Waals surface area contributed by atoms with Gasteiger partial charge >= 0.3 is 5.69 Å². The van der Waals surface area contributed by atoms with E-state index in [1.54, 1.807) is 11.6 Å². The van der Waals surface area contributed by atoms with E-state index in [9.17, 15) is 10.1 Å². The lowest BCUT2D eigenvalue weighted by molar-refractivity contribution is -0.384. The van der Waals surface area contributed by atoms with Crippen LogP contribution in [0.15, 0.2) is 0 Å². The molecule has 1 heterocycles. The van der Waals surface area contributed by atoms with Gasteiger partial charge in [0.15, 0.2) is 0 Å². The van der Waals surface area contributed by atoms with E-state index in [1.165, 1.54) is 0 Å². The summed E-state index contributed by atoms with van der Waals surface area (Å²) in [7, 11) is 0. The molecule has 0 aliphatic heterocycles. The van der Waals surface area contributed by atoms with Crippen molar-refractivity contribution in [3.8, 4) is 0 Å². The first kappa shape index (κ1) is 14.5. The van der Waals surface area contributed by atoms with Crippen LogP contribution >= 0.6 is 0 Å². The normalized spacial score (nSPS) is 11.6. The number of nitro groups is 1. The van der Waals surface area contributed by atoms with Gasteiger partial charge in [-0.1, -0.05) is 13.8 Å². The Morgan fingerprint density at radius 3 is 2.33 bits per heavy atom. The molecule has 0 spiro atoms. The first-order valence-corrected chi connectivity index (χ1v) is 6.38. The zero-order valence-electron chi connectivity index (χ0n) is 11.8. The second kappa shape index (κ2) is 5.37. The molecule has 0 radical (unpaired) electrons. The monoisotopic (exact) mass is 254 g/mol. The zero-order valence-corrected chi connectivity index (χ0v) is 11.8. The lowest BCUT2D eigenvalue weighted by Crippen LogP contribution is -2.34. The van der Waals surface area contributed by atoms with E-state index in [4.69, 9.17) is 0 Å². The van der Waals surface area contributed by atoms with Gasteiger partial charge < -0.3 is 5.32 Å². The molecular formula is C12H22N4O2. The molecule has 1 aromatic rings. The van der Waals surface area contributed by atoms with Gasteiger partial charge in [-0.3, -0.25) is 10.1 Å². The molecule has 0 atom stereocenters. The van der Waals surface area contributed by atoms with Crippen LogP contribution in [-0.4, -0.2) is 20.2 Å². The van der Waals surface area contributed by atoms with Crippen molar-refractivity contribution in [2.75, 3.05) is 5.32 Å². The highest BCUT2D eigenvalue weighted by Gasteiger charge is 2.30. The molecule has 102 valence electrons. The van der Waals surface area contributed by atoms with Gasteiger partial charge in [0.1, 0.15) is 5.69 Å². The molecule has 0 saturated carbocycles. The van der Waals surface area contributed by atoms with Gasteiger partial charge in [-0.05, 0) is 33.6 Å². The van der Waals surface area contributed by atoms with Crippen molar-refractivity contribution in [2.24, 2.45) is 0 Å². The highest BCUT2D eigenvalue weighted by Crippen LogP contribution is 2.32. The SMILES string of the molecule is CCn1nc(C)c([N+](=O)[O-])c1NC(C)(CC)CC. The van der Waals surface area contributed by atoms with Gasteiger partial charge in [-0.25, -0.2) is 4.68 Å². The van der Waals surface area contributed by atoms with Gasteiger partial charge in [0.05, 0.1) is 4.92 Å². The van der Waals surface area contributed by atoms with Crippen LogP contribution in [0.3, 0.4) is 0 Å². The topological polar surface area (TPSA) is 73.0 Å². The molecule has 0 saturated heterocycles. The maximum atomic E-state index is 11.1. The largest absolute Gasteiger partial charge is 0.359 e. The number of aromatic nitrogens is 2. The fraction of sp³-hybridized carbons (Fsp3) is 0.750. The van der Waals surface area contributed by atoms with Gasteiger partial charge in [0.2, 0.25) is 5.82 Å². The first-order chi connectivity index (χ1) is 8.38. The van der Waals surface area contributed by atoms with Gasteiger partial charge in [0, 0.05) is 12.1 Å². The number of hydrogen-bond donors (Lipinski definition) is 1. The average molecular weight is 254 g/mol. The first-order valence-electron chi connectivity index (χ1n) is 6.38. The highest BCUT2D eigenvalue weighted by atomic mass is 16.6. The van der Waals surface area contributed by atoms with E-state index >= 15 is 0 Å². The highest BCUT2D eigenvalue weighted by molar-refractivity contribution is 5.60. The van der Waals surface area contributed by atoms with Crippen LogP contribution in [0.25, 0.3) is 0 Å². The summed E-state index contributed by atoms with van der Waals surface area (Å²) >= 11 is 0. The number of hydrogen-bond acceptors (Lipinski definition) is 4. The Morgan fingerprint density at radius 2 is 1.94 bits per heavy atom. The third-order valence-corrected chi connectivity index (χ3v) is 3.56. The molecule has 0 aromatic carbocycles. The summed E-state index contributed by atoms with van der Waals surface area (Å²) in [4.78, 5) is 10.8. The smallest absolute Gasteiger partial charge is 0.333 e. The number of nitrogens with zero attached hydrogens (tertiary/aromatic N) is 3. The van der Waals surface area contributed by atoms with E-state index < -0.39 is 0 Å². The predicted octanol–water partition coefficient (Wildman–Crippen LogP) is 3.11. The predicted molar refractivity (Wildman–Crippen MR) is 71.9 cm³/mol. The van der Waals surface area contributed by atoms with E-state index in [-0.39, 0.29) is 16.1 Å². The molecule has 0 fully saturated rings. The summed E-state index contributed by atoms with van der Waals surface area (Å²) in [6.07, 6.45) is 1.79. The van der Waals surface area contributed by atoms with E-state index in [0.717, 1.165) is 12.8 Å². The molecule has 0 aliphatic rings. The Kier molecular flexibility index (Phi) is 4.32. The van der Waals surface area contributed by atoms with Gasteiger partial charge in [-0.2, -0.15) is 5.10 Å². The third-order valence-electron chi connectivity index (χ3n) is 3.56. The van der Waals surface area contributed by atoms with Crippen molar-refractivity contribution < 1.29 is 4.92 Å². The summed E-state index contributed by atoms with van der Waals surface area (Å²) in [5.74, 6) is 0.520. The maximum absolute atomic E-state index is 11.1. The number of anilines is 1. The lowest BCUT2D eigenvalue weighted by atomic mass is 9.95. The van der Waals surface area contributed by atoms with E-state index in [0.29, 0.717) is 18.1 Å². The minimum absolute atomic E-state index is 0.0879. The molecule has 0 bridgehead atoms. The fourth-order valence-corrected chi connectivity index (χ4v) is 1.86. The van der Waals surface area contributed by atoms with Crippen LogP contribution in [0.4, 0.5) is 11.5 Å². The Bertz CT molecular complexity index is 436. The van der Waals surface area contributed by atoms with Crippen molar-refractivity contribution in [3.63, 3.8) is 0 Å². The van der Waals surface area contributed by atoms with Crippen LogP contribution < -0.4 is 5.32 Å². The number of nitrogens with one attached hydrogen (secondary N) is 1. The minimum atomic E-state index is -0.359. The summed E-state index contributed by atoms with van der Waals surface area (Å²) in [6, 6.07) is 0. The van der Waals surface area contributed by atoms with Crippen molar-refractivity contribution >= 4 is 11.5 Å². The van der Waals surface area contributed by atoms with Crippen LogP contribution in [0.2, 0.25) is 0 Å². The molecular weight excluding hydrogens is 232 g/mol. The second-order valence-corrected chi connectivity index (χ2v) is 4.75. The minimum Gasteiger partial charge on any atom is -0.359 e. The Hall–Kier alpha value is -1.59. The fourth-order valence-electron chi connectivity index (χ4n) is 1.86. The molecule has 1 aromatic heterocycles. The van der Waals surface area contributed by atoms with Crippen molar-refractivity contribution in [2.45, 2.75) is 59.5 Å². The van der Waals surface area contributed by atoms with E-state index in [1.807, 2.05) is 6.92 Å². The quantitative estimate of drug-likeness (QED) is 0.625. The zero-order chi connectivity index (χ0) is 13.9. The number of aryl methyl sites for hydroxylation is 2. The maximum Gasteiger partial charge on any atom is 0.333 e. The van der Waals surface area contributed by atoms with Crippen molar-refractivity contribution in [1.82, 2.24) is 9.78 Å². The standard InChI is InChI=1S/C12H22N4O2/c1-6-12(5,7-2)13-11-10(16(17)18)9(4)14-15(11)8-3/h13H,6-8H2,1-5H3. The Morgan fingerprint density at radius 1 is 1.39 bits per heavy atom. The Balaban J connectivity index is 3.25. The number of rotatable bonds is 6. The summed E-state index contributed by atoms with van der Waals surface area (Å²) in [6.45, 7) is 10.4. The summed E-state index contributed by atoms with van der Waals surface area (Å²) in [5, 5.41) is 18.7. The molecule has 1 N–H and O–H groups in total. The average Bonchev–Trinajstić information content (AvgIpc) is 2.65. The molecule has 0 amide bonds. The Labute approximate surface area is 108 Å². The molecule has 1 rings (SSSR count). The van der Waals surface area contributed by atoms with Crippen LogP contribution in [0, 0.1) is 17.0 Å². The molecule has 18 heavy (non-hydrogen) atoms. The molecule has 0 unspecified atom stereocenters. The molecule has 6 nitrogen and oxygen atoms in total. The van der Waals surface area contributed by atoms with Gasteiger partial charge in [0.25, 0.3) is 0 Å². The van der Waals surface area contributed by atoms with E-state index in [2.05, 4.69) is 31.2 Å². The second-order valence-electron chi connectivity index (χ2n) is 4.75. The molecule has 6 heteroatoms. The summed E-state index contributed by atoms with van der Waals surface area (Å²) in [5.41, 5.74) is 0.397.